The number of benzene rings is 2. The molecule has 6 nitrogen and oxygen atoms in total. The Morgan fingerprint density at radius 1 is 1.15 bits per heavy atom. The summed E-state index contributed by atoms with van der Waals surface area (Å²) in [6, 6.07) is 9.08. The van der Waals surface area contributed by atoms with Crippen LogP contribution in [-0.2, 0) is 11.2 Å². The first kappa shape index (κ1) is 19.3. The van der Waals surface area contributed by atoms with Crippen LogP contribution in [0, 0.1) is 11.6 Å². The number of esters is 1. The van der Waals surface area contributed by atoms with E-state index in [0.717, 1.165) is 18.7 Å². The Morgan fingerprint density at radius 3 is 2.46 bits per heavy atom. The molecule has 0 aliphatic rings. The maximum Gasteiger partial charge on any atom is 0.340 e. The second-order valence-electron chi connectivity index (χ2n) is 5.47. The smallest absolute Gasteiger partial charge is 0.340 e. The number of methoxy groups -OCH3 is 1. The highest BCUT2D eigenvalue weighted by atomic mass is 19.1. The van der Waals surface area contributed by atoms with E-state index in [1.165, 1.54) is 0 Å². The molecule has 2 rings (SSSR count). The second kappa shape index (κ2) is 8.91. The van der Waals surface area contributed by atoms with Gasteiger partial charge in [-0.1, -0.05) is 30.3 Å². The van der Waals surface area contributed by atoms with Crippen molar-refractivity contribution in [3.05, 3.63) is 65.2 Å². The molecule has 0 saturated carbocycles. The molecule has 0 saturated heterocycles. The van der Waals surface area contributed by atoms with E-state index in [-0.39, 0.29) is 12.3 Å². The third-order valence-corrected chi connectivity index (χ3v) is 3.59. The van der Waals surface area contributed by atoms with Crippen LogP contribution in [0.4, 0.5) is 19.3 Å². The highest BCUT2D eigenvalue weighted by molar-refractivity contribution is 5.94. The molecule has 0 bridgehead atoms. The average Bonchev–Trinajstić information content (AvgIpc) is 2.63. The molecule has 0 radical (unpaired) electrons. The summed E-state index contributed by atoms with van der Waals surface area (Å²) in [6.07, 6.45) is 0.365. The third kappa shape index (κ3) is 5.00. The van der Waals surface area contributed by atoms with E-state index in [2.05, 4.69) is 15.4 Å². The van der Waals surface area contributed by atoms with Gasteiger partial charge in [-0.25, -0.2) is 18.4 Å². The molecular formula is C18H18F2N2O4. The molecule has 138 valence electrons. The predicted molar refractivity (Wildman–Crippen MR) is 90.9 cm³/mol. The number of ether oxygens (including phenoxy) is 1. The Morgan fingerprint density at radius 2 is 1.85 bits per heavy atom. The van der Waals surface area contributed by atoms with E-state index in [1.54, 1.807) is 0 Å². The molecule has 2 aromatic rings. The number of rotatable bonds is 6. The fourth-order valence-electron chi connectivity index (χ4n) is 2.31. The zero-order valence-electron chi connectivity index (χ0n) is 14.0. The number of aliphatic hydroxyl groups excluding tert-OH is 1. The standard InChI is InChI=1S/C18H18F2N2O4/c1-26-17(24)13-8-16(15(20)9-14(13)19)22-18(25)21-12(10-23)7-11-5-3-2-4-6-11/h2-6,8-9,12,23H,7,10H2,1H3,(H2,21,22,25). The summed E-state index contributed by atoms with van der Waals surface area (Å²) in [5.41, 5.74) is 0.000634. The molecule has 1 unspecified atom stereocenters. The summed E-state index contributed by atoms with van der Waals surface area (Å²) in [4.78, 5) is 23.5. The third-order valence-electron chi connectivity index (χ3n) is 3.59. The first-order chi connectivity index (χ1) is 12.4. The number of nitrogens with one attached hydrogen (secondary N) is 2. The van der Waals surface area contributed by atoms with Gasteiger partial charge >= 0.3 is 12.0 Å². The van der Waals surface area contributed by atoms with E-state index in [1.807, 2.05) is 30.3 Å². The Bertz CT molecular complexity index is 784. The maximum absolute atomic E-state index is 13.8. The molecule has 0 aliphatic heterocycles. The highest BCUT2D eigenvalue weighted by Gasteiger charge is 2.19. The summed E-state index contributed by atoms with van der Waals surface area (Å²) in [6.45, 7) is -0.332. The summed E-state index contributed by atoms with van der Waals surface area (Å²) < 4.78 is 31.9. The quantitative estimate of drug-likeness (QED) is 0.687. The van der Waals surface area contributed by atoms with E-state index >= 15 is 0 Å². The van der Waals surface area contributed by atoms with Crippen molar-refractivity contribution in [2.75, 3.05) is 19.0 Å². The zero-order valence-corrected chi connectivity index (χ0v) is 14.0. The number of anilines is 1. The van der Waals surface area contributed by atoms with Gasteiger partial charge < -0.3 is 20.5 Å². The molecule has 0 aliphatic carbocycles. The SMILES string of the molecule is COC(=O)c1cc(NC(=O)NC(CO)Cc2ccccc2)c(F)cc1F. The number of aliphatic hydroxyl groups is 1. The Hall–Kier alpha value is -3.00. The van der Waals surface area contributed by atoms with Gasteiger partial charge in [0, 0.05) is 6.07 Å². The van der Waals surface area contributed by atoms with Gasteiger partial charge in [0.2, 0.25) is 0 Å². The molecule has 8 heteroatoms. The lowest BCUT2D eigenvalue weighted by Gasteiger charge is -2.17. The summed E-state index contributed by atoms with van der Waals surface area (Å²) in [7, 11) is 1.06. The first-order valence-corrected chi connectivity index (χ1v) is 7.74. The number of halogens is 2. The average molecular weight is 364 g/mol. The molecule has 0 fully saturated rings. The van der Waals surface area contributed by atoms with Crippen LogP contribution in [-0.4, -0.2) is 36.9 Å². The van der Waals surface area contributed by atoms with Crippen LogP contribution in [0.15, 0.2) is 42.5 Å². The normalized spacial score (nSPS) is 11.5. The lowest BCUT2D eigenvalue weighted by Crippen LogP contribution is -2.41. The molecule has 0 heterocycles. The van der Waals surface area contributed by atoms with Crippen molar-refractivity contribution in [3.63, 3.8) is 0 Å². The van der Waals surface area contributed by atoms with Crippen molar-refractivity contribution >= 4 is 17.7 Å². The molecule has 0 aromatic heterocycles. The molecule has 26 heavy (non-hydrogen) atoms. The van der Waals surface area contributed by atoms with Crippen LogP contribution in [0.2, 0.25) is 0 Å². The van der Waals surface area contributed by atoms with Crippen LogP contribution in [0.25, 0.3) is 0 Å². The molecule has 3 N–H and O–H groups in total. The minimum Gasteiger partial charge on any atom is -0.465 e. The van der Waals surface area contributed by atoms with Crippen molar-refractivity contribution in [2.24, 2.45) is 0 Å². The Kier molecular flexibility index (Phi) is 6.62. The van der Waals surface area contributed by atoms with E-state index in [4.69, 9.17) is 0 Å². The number of urea groups is 1. The molecular weight excluding hydrogens is 346 g/mol. The van der Waals surface area contributed by atoms with Gasteiger partial charge in [0.15, 0.2) is 0 Å². The van der Waals surface area contributed by atoms with Gasteiger partial charge in [0.05, 0.1) is 31.0 Å². The second-order valence-corrected chi connectivity index (χ2v) is 5.47. The number of carbonyl (C=O) groups is 2. The lowest BCUT2D eigenvalue weighted by molar-refractivity contribution is 0.0595. The first-order valence-electron chi connectivity index (χ1n) is 7.74. The predicted octanol–water partition coefficient (Wildman–Crippen LogP) is 2.48. The monoisotopic (exact) mass is 364 g/mol. The van der Waals surface area contributed by atoms with Crippen molar-refractivity contribution in [1.29, 1.82) is 0 Å². The number of hydrogen-bond donors (Lipinski definition) is 3. The summed E-state index contributed by atoms with van der Waals surface area (Å²) in [5, 5.41) is 14.1. The van der Waals surface area contributed by atoms with Crippen LogP contribution < -0.4 is 10.6 Å². The molecule has 1 atom stereocenters. The largest absolute Gasteiger partial charge is 0.465 e. The highest BCUT2D eigenvalue weighted by Crippen LogP contribution is 2.20. The Labute approximate surface area is 148 Å². The number of hydrogen-bond acceptors (Lipinski definition) is 4. The van der Waals surface area contributed by atoms with Gasteiger partial charge in [-0.2, -0.15) is 0 Å². The van der Waals surface area contributed by atoms with E-state index < -0.39 is 35.2 Å². The van der Waals surface area contributed by atoms with Crippen LogP contribution in [0.5, 0.6) is 0 Å². The zero-order chi connectivity index (χ0) is 19.1. The van der Waals surface area contributed by atoms with Gasteiger partial charge in [-0.05, 0) is 18.1 Å². The summed E-state index contributed by atoms with van der Waals surface area (Å²) in [5.74, 6) is -3.14. The molecule has 2 amide bonds. The van der Waals surface area contributed by atoms with Crippen molar-refractivity contribution in [2.45, 2.75) is 12.5 Å². The minimum absolute atomic E-state index is 0.332. The van der Waals surface area contributed by atoms with Crippen LogP contribution >= 0.6 is 0 Å². The molecule has 2 aromatic carbocycles. The summed E-state index contributed by atoms with van der Waals surface area (Å²) >= 11 is 0. The van der Waals surface area contributed by atoms with Crippen LogP contribution in [0.1, 0.15) is 15.9 Å². The minimum atomic E-state index is -1.10. The lowest BCUT2D eigenvalue weighted by atomic mass is 10.1. The van der Waals surface area contributed by atoms with Gasteiger partial charge in [-0.15, -0.1) is 0 Å². The van der Waals surface area contributed by atoms with Gasteiger partial charge in [0.25, 0.3) is 0 Å². The van der Waals surface area contributed by atoms with E-state index in [9.17, 15) is 23.5 Å². The van der Waals surface area contributed by atoms with Gasteiger partial charge in [0.1, 0.15) is 11.6 Å². The maximum atomic E-state index is 13.8. The van der Waals surface area contributed by atoms with Gasteiger partial charge in [-0.3, -0.25) is 0 Å². The van der Waals surface area contributed by atoms with Crippen molar-refractivity contribution in [1.82, 2.24) is 5.32 Å². The fourth-order valence-corrected chi connectivity index (χ4v) is 2.31. The number of amides is 2. The van der Waals surface area contributed by atoms with Crippen molar-refractivity contribution in [3.8, 4) is 0 Å². The molecule has 0 spiro atoms. The fraction of sp³-hybridized carbons (Fsp3) is 0.222. The Balaban J connectivity index is 2.07. The van der Waals surface area contributed by atoms with Crippen LogP contribution in [0.3, 0.4) is 0 Å². The van der Waals surface area contributed by atoms with Crippen molar-refractivity contribution < 1.29 is 28.2 Å². The topological polar surface area (TPSA) is 87.7 Å². The number of carbonyl (C=O) groups excluding carboxylic acids is 2. The van der Waals surface area contributed by atoms with E-state index in [0.29, 0.717) is 12.5 Å².